The zero-order valence-electron chi connectivity index (χ0n) is 16.2. The summed E-state index contributed by atoms with van der Waals surface area (Å²) in [6, 6.07) is 22.6. The number of benzene rings is 3. The number of nitrogens with zero attached hydrogens (tertiary/aromatic N) is 1. The van der Waals surface area contributed by atoms with Crippen LogP contribution in [0.15, 0.2) is 88.0 Å². The van der Waals surface area contributed by atoms with Crippen molar-refractivity contribution in [2.24, 2.45) is 4.99 Å². The van der Waals surface area contributed by atoms with Crippen LogP contribution in [0.25, 0.3) is 6.08 Å². The number of hydrogen-bond donors (Lipinski definition) is 0. The van der Waals surface area contributed by atoms with Crippen LogP contribution >= 0.6 is 15.9 Å². The lowest BCUT2D eigenvalue weighted by molar-refractivity contribution is -0.129. The molecule has 30 heavy (non-hydrogen) atoms. The highest BCUT2D eigenvalue weighted by Gasteiger charge is 2.24. The molecular formula is C24H18BrNO4. The summed E-state index contributed by atoms with van der Waals surface area (Å²) in [4.78, 5) is 16.7. The number of carbonyl (C=O) groups is 1. The molecule has 0 bridgehead atoms. The molecule has 0 saturated carbocycles. The number of rotatable bonds is 6. The van der Waals surface area contributed by atoms with Crippen molar-refractivity contribution < 1.29 is 19.0 Å². The highest BCUT2D eigenvalue weighted by Crippen LogP contribution is 2.26. The molecule has 0 spiro atoms. The summed E-state index contributed by atoms with van der Waals surface area (Å²) in [6.45, 7) is 0.415. The van der Waals surface area contributed by atoms with Gasteiger partial charge in [-0.05, 0) is 54.1 Å². The fourth-order valence-electron chi connectivity index (χ4n) is 2.89. The van der Waals surface area contributed by atoms with E-state index in [4.69, 9.17) is 14.2 Å². The van der Waals surface area contributed by atoms with Crippen molar-refractivity contribution >= 4 is 33.9 Å². The predicted octanol–water partition coefficient (Wildman–Crippen LogP) is 5.38. The Hall–Kier alpha value is -3.38. The molecule has 0 fully saturated rings. The molecule has 0 aromatic heterocycles. The smallest absolute Gasteiger partial charge is 0.363 e. The summed E-state index contributed by atoms with van der Waals surface area (Å²) in [7, 11) is 1.60. The normalized spacial score (nSPS) is 14.4. The SMILES string of the molecule is COc1ccc(C2=N/C(=C/c3ccccc3OCc3ccc(Br)cc3)C(=O)O2)cc1. The first-order chi connectivity index (χ1) is 14.6. The van der Waals surface area contributed by atoms with Gasteiger partial charge in [0, 0.05) is 15.6 Å². The van der Waals surface area contributed by atoms with Gasteiger partial charge in [0.25, 0.3) is 0 Å². The van der Waals surface area contributed by atoms with Gasteiger partial charge < -0.3 is 14.2 Å². The van der Waals surface area contributed by atoms with E-state index in [9.17, 15) is 4.79 Å². The maximum Gasteiger partial charge on any atom is 0.363 e. The quantitative estimate of drug-likeness (QED) is 0.363. The molecule has 0 N–H and O–H groups in total. The Bertz CT molecular complexity index is 1120. The van der Waals surface area contributed by atoms with Gasteiger partial charge in [0.15, 0.2) is 5.70 Å². The van der Waals surface area contributed by atoms with Crippen LogP contribution in [0.2, 0.25) is 0 Å². The highest BCUT2D eigenvalue weighted by atomic mass is 79.9. The lowest BCUT2D eigenvalue weighted by Gasteiger charge is -2.09. The van der Waals surface area contributed by atoms with Crippen molar-refractivity contribution in [2.45, 2.75) is 6.61 Å². The first-order valence-corrected chi connectivity index (χ1v) is 10.0. The van der Waals surface area contributed by atoms with E-state index in [0.717, 1.165) is 21.3 Å². The minimum atomic E-state index is -0.497. The minimum absolute atomic E-state index is 0.223. The first-order valence-electron chi connectivity index (χ1n) is 9.25. The van der Waals surface area contributed by atoms with Gasteiger partial charge >= 0.3 is 5.97 Å². The molecule has 4 rings (SSSR count). The number of cyclic esters (lactones) is 1. The van der Waals surface area contributed by atoms with E-state index < -0.39 is 5.97 Å². The fraction of sp³-hybridized carbons (Fsp3) is 0.0833. The lowest BCUT2D eigenvalue weighted by Crippen LogP contribution is -2.05. The lowest BCUT2D eigenvalue weighted by atomic mass is 10.1. The number of para-hydroxylation sites is 1. The molecule has 3 aromatic rings. The van der Waals surface area contributed by atoms with Crippen LogP contribution in [-0.4, -0.2) is 19.0 Å². The zero-order chi connectivity index (χ0) is 20.9. The van der Waals surface area contributed by atoms with Crippen LogP contribution < -0.4 is 9.47 Å². The topological polar surface area (TPSA) is 57.1 Å². The van der Waals surface area contributed by atoms with Crippen molar-refractivity contribution in [3.8, 4) is 11.5 Å². The molecule has 6 heteroatoms. The van der Waals surface area contributed by atoms with E-state index in [-0.39, 0.29) is 11.6 Å². The van der Waals surface area contributed by atoms with Crippen molar-refractivity contribution in [2.75, 3.05) is 7.11 Å². The number of hydrogen-bond acceptors (Lipinski definition) is 5. The molecule has 150 valence electrons. The highest BCUT2D eigenvalue weighted by molar-refractivity contribution is 9.10. The Morgan fingerprint density at radius 1 is 1.00 bits per heavy atom. The van der Waals surface area contributed by atoms with Crippen LogP contribution in [0, 0.1) is 0 Å². The van der Waals surface area contributed by atoms with E-state index in [2.05, 4.69) is 20.9 Å². The Morgan fingerprint density at radius 3 is 2.47 bits per heavy atom. The van der Waals surface area contributed by atoms with E-state index in [1.54, 1.807) is 37.5 Å². The van der Waals surface area contributed by atoms with Crippen LogP contribution in [-0.2, 0) is 16.1 Å². The summed E-state index contributed by atoms with van der Waals surface area (Å²) in [5, 5.41) is 0. The summed E-state index contributed by atoms with van der Waals surface area (Å²) in [6.07, 6.45) is 1.68. The average Bonchev–Trinajstić information content (AvgIpc) is 3.14. The van der Waals surface area contributed by atoms with Crippen LogP contribution in [0.4, 0.5) is 0 Å². The van der Waals surface area contributed by atoms with E-state index in [0.29, 0.717) is 17.9 Å². The Kier molecular flexibility index (Phi) is 5.95. The Balaban J connectivity index is 1.55. The fourth-order valence-corrected chi connectivity index (χ4v) is 3.15. The van der Waals surface area contributed by atoms with Gasteiger partial charge in [-0.15, -0.1) is 0 Å². The van der Waals surface area contributed by atoms with Crippen molar-refractivity contribution in [1.29, 1.82) is 0 Å². The number of aliphatic imine (C=N–C) groups is 1. The predicted molar refractivity (Wildman–Crippen MR) is 119 cm³/mol. The van der Waals surface area contributed by atoms with E-state index >= 15 is 0 Å². The summed E-state index contributed by atoms with van der Waals surface area (Å²) < 4.78 is 17.5. The molecule has 1 aliphatic heterocycles. The van der Waals surface area contributed by atoms with Gasteiger partial charge in [-0.25, -0.2) is 9.79 Å². The second kappa shape index (κ2) is 8.97. The van der Waals surface area contributed by atoms with Gasteiger partial charge in [0.1, 0.15) is 18.1 Å². The largest absolute Gasteiger partial charge is 0.497 e. The van der Waals surface area contributed by atoms with Gasteiger partial charge in [-0.1, -0.05) is 46.3 Å². The molecule has 0 radical (unpaired) electrons. The molecule has 0 aliphatic carbocycles. The Morgan fingerprint density at radius 2 is 1.73 bits per heavy atom. The number of halogens is 1. The second-order valence-corrected chi connectivity index (χ2v) is 7.43. The van der Waals surface area contributed by atoms with Crippen LogP contribution in [0.3, 0.4) is 0 Å². The number of carbonyl (C=O) groups excluding carboxylic acids is 1. The van der Waals surface area contributed by atoms with Crippen LogP contribution in [0.5, 0.6) is 11.5 Å². The minimum Gasteiger partial charge on any atom is -0.497 e. The van der Waals surface area contributed by atoms with Gasteiger partial charge in [-0.3, -0.25) is 0 Å². The average molecular weight is 464 g/mol. The number of methoxy groups -OCH3 is 1. The summed E-state index contributed by atoms with van der Waals surface area (Å²) >= 11 is 3.43. The summed E-state index contributed by atoms with van der Waals surface area (Å²) in [5.74, 6) is 1.15. The van der Waals surface area contributed by atoms with Gasteiger partial charge in [0.05, 0.1) is 7.11 Å². The van der Waals surface area contributed by atoms with Crippen molar-refractivity contribution in [3.05, 3.63) is 99.7 Å². The maximum absolute atomic E-state index is 12.3. The maximum atomic E-state index is 12.3. The molecule has 3 aromatic carbocycles. The summed E-state index contributed by atoms with van der Waals surface area (Å²) in [5.41, 5.74) is 2.72. The van der Waals surface area contributed by atoms with E-state index in [1.165, 1.54) is 0 Å². The van der Waals surface area contributed by atoms with Gasteiger partial charge in [-0.2, -0.15) is 0 Å². The van der Waals surface area contributed by atoms with E-state index in [1.807, 2.05) is 48.5 Å². The molecule has 1 aliphatic rings. The molecule has 0 saturated heterocycles. The molecule has 1 heterocycles. The van der Waals surface area contributed by atoms with Crippen LogP contribution in [0.1, 0.15) is 16.7 Å². The number of esters is 1. The third kappa shape index (κ3) is 4.60. The zero-order valence-corrected chi connectivity index (χ0v) is 17.8. The standard InChI is InChI=1S/C24H18BrNO4/c1-28-20-12-8-17(9-13-20)23-26-21(24(27)30-23)14-18-4-2-3-5-22(18)29-15-16-6-10-19(25)11-7-16/h2-14H,15H2,1H3/b21-14+. The molecule has 0 amide bonds. The molecule has 0 unspecified atom stereocenters. The van der Waals surface area contributed by atoms with Crippen molar-refractivity contribution in [1.82, 2.24) is 0 Å². The third-order valence-corrected chi connectivity index (χ3v) is 5.00. The molecule has 0 atom stereocenters. The third-order valence-electron chi connectivity index (χ3n) is 4.48. The first kappa shape index (κ1) is 19.9. The van der Waals surface area contributed by atoms with Crippen molar-refractivity contribution in [3.63, 3.8) is 0 Å². The van der Waals surface area contributed by atoms with Gasteiger partial charge in [0.2, 0.25) is 5.90 Å². The Labute approximate surface area is 182 Å². The molecular weight excluding hydrogens is 446 g/mol. The second-order valence-electron chi connectivity index (χ2n) is 6.52. The monoisotopic (exact) mass is 463 g/mol. The number of ether oxygens (including phenoxy) is 3. The molecule has 5 nitrogen and oxygen atoms in total.